The minimum atomic E-state index is -0.253. The van der Waals surface area contributed by atoms with Gasteiger partial charge in [-0.05, 0) is 74.7 Å². The third kappa shape index (κ3) is 2.26. The molecule has 0 saturated carbocycles. The van der Waals surface area contributed by atoms with Crippen molar-refractivity contribution in [1.29, 1.82) is 0 Å². The fourth-order valence-electron chi connectivity index (χ4n) is 7.16. The van der Waals surface area contributed by atoms with Gasteiger partial charge >= 0.3 is 0 Å². The van der Waals surface area contributed by atoms with E-state index in [1.165, 1.54) is 71.3 Å². The zero-order valence-corrected chi connectivity index (χ0v) is 20.8. The van der Waals surface area contributed by atoms with E-state index in [4.69, 9.17) is 0 Å². The van der Waals surface area contributed by atoms with Crippen molar-refractivity contribution in [2.24, 2.45) is 0 Å². The van der Waals surface area contributed by atoms with Crippen molar-refractivity contribution in [2.45, 2.75) is 5.41 Å². The van der Waals surface area contributed by atoms with E-state index >= 15 is 0 Å². The molecule has 0 N–H and O–H groups in total. The van der Waals surface area contributed by atoms with Crippen LogP contribution in [0.3, 0.4) is 0 Å². The molecule has 0 bridgehead atoms. The number of rotatable bonds is 2. The second-order valence-corrected chi connectivity index (χ2v) is 11.0. The van der Waals surface area contributed by atoms with Crippen molar-refractivity contribution in [3.8, 4) is 27.3 Å². The highest BCUT2D eigenvalue weighted by atomic mass is 32.1. The van der Waals surface area contributed by atoms with Crippen LogP contribution < -0.4 is 0 Å². The number of benzene rings is 5. The Morgan fingerprint density at radius 3 is 1.95 bits per heavy atom. The van der Waals surface area contributed by atoms with Gasteiger partial charge in [0.15, 0.2) is 0 Å². The van der Waals surface area contributed by atoms with Crippen LogP contribution >= 0.6 is 11.3 Å². The van der Waals surface area contributed by atoms with Crippen molar-refractivity contribution < 1.29 is 0 Å². The number of fused-ring (bicyclic) bond motifs is 9. The molecule has 2 aliphatic carbocycles. The van der Waals surface area contributed by atoms with Crippen LogP contribution in [0.1, 0.15) is 22.3 Å². The Balaban J connectivity index is 1.33. The smallest absolute Gasteiger partial charge is 0.0734 e. The van der Waals surface area contributed by atoms with E-state index in [0.29, 0.717) is 0 Å². The minimum Gasteiger partial charge on any atom is -0.309 e. The van der Waals surface area contributed by atoms with Gasteiger partial charge in [0.05, 0.1) is 16.4 Å². The molecule has 0 fully saturated rings. The van der Waals surface area contributed by atoms with Crippen LogP contribution in [-0.2, 0) is 5.41 Å². The molecule has 9 rings (SSSR count). The summed E-state index contributed by atoms with van der Waals surface area (Å²) in [6, 6.07) is 45.0. The summed E-state index contributed by atoms with van der Waals surface area (Å²) in [4.78, 5) is 1.41. The molecule has 2 aromatic heterocycles. The summed E-state index contributed by atoms with van der Waals surface area (Å²) in [6.45, 7) is 0. The van der Waals surface area contributed by atoms with Crippen LogP contribution in [-0.4, -0.2) is 4.57 Å². The highest BCUT2D eigenvalue weighted by Gasteiger charge is 2.52. The highest BCUT2D eigenvalue weighted by molar-refractivity contribution is 7.14. The first-order chi connectivity index (χ1) is 18.4. The van der Waals surface area contributed by atoms with Crippen molar-refractivity contribution in [3.63, 3.8) is 0 Å². The number of hydrogen-bond donors (Lipinski definition) is 0. The first-order valence-corrected chi connectivity index (χ1v) is 13.7. The third-order valence-electron chi connectivity index (χ3n) is 8.51. The van der Waals surface area contributed by atoms with E-state index in [1.54, 1.807) is 0 Å². The number of aromatic nitrogens is 1. The largest absolute Gasteiger partial charge is 0.309 e. The molecule has 37 heavy (non-hydrogen) atoms. The third-order valence-corrected chi connectivity index (χ3v) is 9.46. The lowest BCUT2D eigenvalue weighted by Crippen LogP contribution is -2.25. The lowest BCUT2D eigenvalue weighted by Gasteiger charge is -2.30. The molecule has 2 heterocycles. The van der Waals surface area contributed by atoms with E-state index in [9.17, 15) is 0 Å². The molecule has 0 aliphatic heterocycles. The van der Waals surface area contributed by atoms with Gasteiger partial charge in [-0.3, -0.25) is 0 Å². The summed E-state index contributed by atoms with van der Waals surface area (Å²) in [7, 11) is 0. The van der Waals surface area contributed by atoms with E-state index in [0.717, 1.165) is 0 Å². The van der Waals surface area contributed by atoms with Crippen LogP contribution in [0, 0.1) is 0 Å². The standard InChI is InChI=1S/C35H21NS/c1-4-13-29-24(8-1)27-11-7-12-28-33(27)35(29,30-20-21-37-34(28)30)22-16-18-23(19-17-22)36-31-14-5-2-9-25(31)26-10-3-6-15-32(26)36/h1-21H. The van der Waals surface area contributed by atoms with E-state index in [1.807, 2.05) is 11.3 Å². The fraction of sp³-hybridized carbons (Fsp3) is 0.0286. The van der Waals surface area contributed by atoms with Crippen LogP contribution in [0.15, 0.2) is 127 Å². The summed E-state index contributed by atoms with van der Waals surface area (Å²) >= 11 is 1.87. The molecule has 2 heteroatoms. The Kier molecular flexibility index (Phi) is 3.67. The molecule has 1 nitrogen and oxygen atoms in total. The molecule has 0 radical (unpaired) electrons. The molecule has 7 aromatic rings. The summed E-state index contributed by atoms with van der Waals surface area (Å²) < 4.78 is 2.40. The van der Waals surface area contributed by atoms with Gasteiger partial charge in [-0.1, -0.05) is 91.0 Å². The predicted octanol–water partition coefficient (Wildman–Crippen LogP) is 9.19. The second kappa shape index (κ2) is 6.88. The van der Waals surface area contributed by atoms with Crippen molar-refractivity contribution in [3.05, 3.63) is 149 Å². The molecule has 172 valence electrons. The predicted molar refractivity (Wildman–Crippen MR) is 155 cm³/mol. The lowest BCUT2D eigenvalue weighted by atomic mass is 9.71. The van der Waals surface area contributed by atoms with E-state index in [2.05, 4.69) is 131 Å². The Bertz CT molecular complexity index is 1990. The van der Waals surface area contributed by atoms with Crippen LogP contribution in [0.25, 0.3) is 49.1 Å². The lowest BCUT2D eigenvalue weighted by molar-refractivity contribution is 0.794. The zero-order valence-electron chi connectivity index (χ0n) is 20.0. The van der Waals surface area contributed by atoms with Gasteiger partial charge in [0.1, 0.15) is 0 Å². The monoisotopic (exact) mass is 487 g/mol. The average Bonchev–Trinajstić information content (AvgIpc) is 3.70. The van der Waals surface area contributed by atoms with E-state index in [-0.39, 0.29) is 5.41 Å². The zero-order chi connectivity index (χ0) is 24.1. The fourth-order valence-corrected chi connectivity index (χ4v) is 8.14. The highest BCUT2D eigenvalue weighted by Crippen LogP contribution is 2.65. The topological polar surface area (TPSA) is 4.93 Å². The van der Waals surface area contributed by atoms with Gasteiger partial charge in [0.2, 0.25) is 0 Å². The van der Waals surface area contributed by atoms with Gasteiger partial charge in [-0.15, -0.1) is 11.3 Å². The molecule has 0 saturated heterocycles. The number of para-hydroxylation sites is 2. The number of hydrogen-bond acceptors (Lipinski definition) is 1. The number of nitrogens with zero attached hydrogens (tertiary/aromatic N) is 1. The summed E-state index contributed by atoms with van der Waals surface area (Å²) in [5, 5.41) is 4.85. The van der Waals surface area contributed by atoms with Crippen LogP contribution in [0.4, 0.5) is 0 Å². The Morgan fingerprint density at radius 2 is 1.16 bits per heavy atom. The Hall–Kier alpha value is -4.40. The first kappa shape index (κ1) is 19.7. The van der Waals surface area contributed by atoms with Crippen LogP contribution in [0.5, 0.6) is 0 Å². The summed E-state index contributed by atoms with van der Waals surface area (Å²) in [5.74, 6) is 0. The molecule has 1 unspecified atom stereocenters. The molecular weight excluding hydrogens is 466 g/mol. The second-order valence-electron chi connectivity index (χ2n) is 10.1. The molecule has 2 aliphatic rings. The molecule has 0 spiro atoms. The maximum atomic E-state index is 2.40. The quantitative estimate of drug-likeness (QED) is 0.229. The summed E-state index contributed by atoms with van der Waals surface area (Å²) in [6.07, 6.45) is 0. The molecule has 1 atom stereocenters. The van der Waals surface area contributed by atoms with Gasteiger partial charge < -0.3 is 4.57 Å². The Labute approximate surface area is 218 Å². The van der Waals surface area contributed by atoms with E-state index < -0.39 is 0 Å². The van der Waals surface area contributed by atoms with Crippen molar-refractivity contribution in [2.75, 3.05) is 0 Å². The Morgan fingerprint density at radius 1 is 0.514 bits per heavy atom. The van der Waals surface area contributed by atoms with Crippen molar-refractivity contribution in [1.82, 2.24) is 4.57 Å². The molecule has 0 amide bonds. The minimum absolute atomic E-state index is 0.253. The maximum absolute atomic E-state index is 2.40. The number of thiophene rings is 1. The van der Waals surface area contributed by atoms with Gasteiger partial charge in [0, 0.05) is 21.3 Å². The first-order valence-electron chi connectivity index (χ1n) is 12.8. The van der Waals surface area contributed by atoms with Crippen molar-refractivity contribution >= 4 is 33.1 Å². The normalized spacial score (nSPS) is 16.8. The maximum Gasteiger partial charge on any atom is 0.0734 e. The molecule has 5 aromatic carbocycles. The average molecular weight is 488 g/mol. The van der Waals surface area contributed by atoms with Gasteiger partial charge in [-0.2, -0.15) is 0 Å². The SMILES string of the molecule is c1ccc2c(c1)-c1cccc3c1C2(c1ccc(-n2c4ccccc4c4ccccc42)cc1)c1ccsc1-3. The van der Waals surface area contributed by atoms with Gasteiger partial charge in [-0.25, -0.2) is 0 Å². The van der Waals surface area contributed by atoms with Gasteiger partial charge in [0.25, 0.3) is 0 Å². The van der Waals surface area contributed by atoms with Crippen LogP contribution in [0.2, 0.25) is 0 Å². The molecular formula is C35H21NS. The summed E-state index contributed by atoms with van der Waals surface area (Å²) in [5.41, 5.74) is 13.2.